The van der Waals surface area contributed by atoms with E-state index in [0.717, 1.165) is 19.2 Å². The Morgan fingerprint density at radius 1 is 1.18 bits per heavy atom. The molecule has 2 amide bonds. The largest absolute Gasteiger partial charge is 0.465 e. The number of hydrogen-bond donors (Lipinski definition) is 3. The number of carbonyl (C=O) groups is 3. The first kappa shape index (κ1) is 20.1. The first-order valence-corrected chi connectivity index (χ1v) is 7.15. The van der Waals surface area contributed by atoms with Crippen molar-refractivity contribution in [2.45, 2.75) is 12.8 Å². The summed E-state index contributed by atoms with van der Waals surface area (Å²) in [4.78, 5) is 35.7. The SMILES string of the molecule is C=CC(=O)NCNC(=O)CCOC(=O)CCN(C)CCNC. The minimum atomic E-state index is -0.367. The fourth-order valence-electron chi connectivity index (χ4n) is 1.42. The zero-order valence-electron chi connectivity index (χ0n) is 13.3. The van der Waals surface area contributed by atoms with E-state index < -0.39 is 0 Å². The summed E-state index contributed by atoms with van der Waals surface area (Å²) < 4.78 is 4.97. The second-order valence-corrected chi connectivity index (χ2v) is 4.65. The molecule has 0 fully saturated rings. The normalized spacial score (nSPS) is 10.1. The Bertz CT molecular complexity index is 374. The van der Waals surface area contributed by atoms with Crippen LogP contribution in [0.1, 0.15) is 12.8 Å². The molecule has 8 nitrogen and oxygen atoms in total. The lowest BCUT2D eigenvalue weighted by molar-refractivity contribution is -0.144. The molecular formula is C14H26N4O4. The maximum Gasteiger partial charge on any atom is 0.307 e. The lowest BCUT2D eigenvalue weighted by atomic mass is 10.4. The molecule has 0 rings (SSSR count). The molecule has 0 saturated carbocycles. The summed E-state index contributed by atoms with van der Waals surface area (Å²) in [5.74, 6) is -0.999. The number of rotatable bonds is 12. The van der Waals surface area contributed by atoms with Crippen molar-refractivity contribution in [3.63, 3.8) is 0 Å². The van der Waals surface area contributed by atoms with E-state index in [-0.39, 0.29) is 43.9 Å². The van der Waals surface area contributed by atoms with E-state index in [1.807, 2.05) is 19.0 Å². The molecule has 0 spiro atoms. The Balaban J connectivity index is 3.60. The molecule has 0 heterocycles. The standard InChI is InChI=1S/C14H26N4O4/c1-4-12(19)16-11-17-13(20)6-10-22-14(21)5-8-18(3)9-7-15-2/h4,15H,1,5-11H2,2-3H3,(H,16,19)(H,17,20). The summed E-state index contributed by atoms with van der Waals surface area (Å²) in [7, 11) is 3.80. The average molecular weight is 314 g/mol. The highest BCUT2D eigenvalue weighted by molar-refractivity contribution is 5.87. The summed E-state index contributed by atoms with van der Waals surface area (Å²) in [5.41, 5.74) is 0. The van der Waals surface area contributed by atoms with Crippen molar-refractivity contribution >= 4 is 17.8 Å². The second kappa shape index (κ2) is 12.8. The molecule has 0 aromatic heterocycles. The van der Waals surface area contributed by atoms with E-state index in [2.05, 4.69) is 22.5 Å². The molecule has 22 heavy (non-hydrogen) atoms. The van der Waals surface area contributed by atoms with Gasteiger partial charge in [0, 0.05) is 19.6 Å². The highest BCUT2D eigenvalue weighted by Crippen LogP contribution is 1.92. The summed E-state index contributed by atoms with van der Waals surface area (Å²) in [6.07, 6.45) is 1.46. The van der Waals surface area contributed by atoms with Crippen molar-refractivity contribution in [3.8, 4) is 0 Å². The average Bonchev–Trinajstić information content (AvgIpc) is 2.50. The van der Waals surface area contributed by atoms with Gasteiger partial charge in [0.2, 0.25) is 11.8 Å². The smallest absolute Gasteiger partial charge is 0.307 e. The number of carbonyl (C=O) groups excluding carboxylic acids is 3. The molecule has 0 radical (unpaired) electrons. The Hall–Kier alpha value is -1.93. The van der Waals surface area contributed by atoms with Gasteiger partial charge in [0.25, 0.3) is 0 Å². The van der Waals surface area contributed by atoms with Gasteiger partial charge in [-0.05, 0) is 20.2 Å². The lowest BCUT2D eigenvalue weighted by Gasteiger charge is -2.15. The van der Waals surface area contributed by atoms with Gasteiger partial charge in [-0.2, -0.15) is 0 Å². The molecule has 3 N–H and O–H groups in total. The van der Waals surface area contributed by atoms with E-state index in [0.29, 0.717) is 6.54 Å². The predicted octanol–water partition coefficient (Wildman–Crippen LogP) is -1.16. The van der Waals surface area contributed by atoms with Crippen LogP contribution in [0, 0.1) is 0 Å². The number of esters is 1. The van der Waals surface area contributed by atoms with Crippen LogP contribution in [0.4, 0.5) is 0 Å². The number of nitrogens with zero attached hydrogens (tertiary/aromatic N) is 1. The molecule has 8 heteroatoms. The van der Waals surface area contributed by atoms with Gasteiger partial charge >= 0.3 is 5.97 Å². The summed E-state index contributed by atoms with van der Waals surface area (Å²) in [6, 6.07) is 0. The molecule has 0 atom stereocenters. The van der Waals surface area contributed by atoms with Gasteiger partial charge in [-0.1, -0.05) is 6.58 Å². The topological polar surface area (TPSA) is 99.8 Å². The Morgan fingerprint density at radius 2 is 1.91 bits per heavy atom. The van der Waals surface area contributed by atoms with Gasteiger partial charge in [-0.15, -0.1) is 0 Å². The van der Waals surface area contributed by atoms with Gasteiger partial charge < -0.3 is 25.6 Å². The third-order valence-corrected chi connectivity index (χ3v) is 2.77. The number of amides is 2. The molecule has 0 saturated heterocycles. The monoisotopic (exact) mass is 314 g/mol. The molecule has 0 aliphatic heterocycles. The van der Waals surface area contributed by atoms with Gasteiger partial charge in [0.1, 0.15) is 6.61 Å². The van der Waals surface area contributed by atoms with Crippen molar-refractivity contribution in [2.24, 2.45) is 0 Å². The van der Waals surface area contributed by atoms with Crippen molar-refractivity contribution in [1.29, 1.82) is 0 Å². The summed E-state index contributed by atoms with van der Waals surface area (Å²) in [5, 5.41) is 7.90. The molecule has 0 aliphatic rings. The van der Waals surface area contributed by atoms with E-state index in [4.69, 9.17) is 4.74 Å². The predicted molar refractivity (Wildman–Crippen MR) is 83.0 cm³/mol. The third kappa shape index (κ3) is 11.9. The Kier molecular flexibility index (Phi) is 11.7. The molecule has 0 unspecified atom stereocenters. The zero-order valence-corrected chi connectivity index (χ0v) is 13.3. The van der Waals surface area contributed by atoms with Crippen LogP contribution in [-0.2, 0) is 19.1 Å². The van der Waals surface area contributed by atoms with E-state index in [1.165, 1.54) is 0 Å². The van der Waals surface area contributed by atoms with Crippen LogP contribution in [0.5, 0.6) is 0 Å². The van der Waals surface area contributed by atoms with Crippen LogP contribution in [-0.4, -0.2) is 69.7 Å². The number of nitrogens with one attached hydrogen (secondary N) is 3. The minimum absolute atomic E-state index is 0.0217. The fourth-order valence-corrected chi connectivity index (χ4v) is 1.42. The second-order valence-electron chi connectivity index (χ2n) is 4.65. The molecule has 0 aliphatic carbocycles. The quantitative estimate of drug-likeness (QED) is 0.239. The summed E-state index contributed by atoms with van der Waals surface area (Å²) >= 11 is 0. The molecular weight excluding hydrogens is 288 g/mol. The molecule has 0 bridgehead atoms. The van der Waals surface area contributed by atoms with Crippen molar-refractivity contribution in [3.05, 3.63) is 12.7 Å². The van der Waals surface area contributed by atoms with Gasteiger partial charge in [0.05, 0.1) is 19.5 Å². The van der Waals surface area contributed by atoms with Gasteiger partial charge in [-0.25, -0.2) is 0 Å². The van der Waals surface area contributed by atoms with Crippen LogP contribution in [0.25, 0.3) is 0 Å². The number of hydrogen-bond acceptors (Lipinski definition) is 6. The van der Waals surface area contributed by atoms with E-state index in [9.17, 15) is 14.4 Å². The van der Waals surface area contributed by atoms with Crippen molar-refractivity contribution in [1.82, 2.24) is 20.9 Å². The first-order chi connectivity index (χ1) is 10.5. The van der Waals surface area contributed by atoms with Crippen LogP contribution in [0.2, 0.25) is 0 Å². The third-order valence-electron chi connectivity index (χ3n) is 2.77. The Morgan fingerprint density at radius 3 is 2.55 bits per heavy atom. The van der Waals surface area contributed by atoms with Crippen LogP contribution < -0.4 is 16.0 Å². The first-order valence-electron chi connectivity index (χ1n) is 7.15. The fraction of sp³-hybridized carbons (Fsp3) is 0.643. The Labute approximate surface area is 131 Å². The van der Waals surface area contributed by atoms with E-state index in [1.54, 1.807) is 0 Å². The highest BCUT2D eigenvalue weighted by atomic mass is 16.5. The molecule has 0 aromatic rings. The summed E-state index contributed by atoms with van der Waals surface area (Å²) in [6.45, 7) is 5.65. The highest BCUT2D eigenvalue weighted by Gasteiger charge is 2.07. The number of ether oxygens (including phenoxy) is 1. The minimum Gasteiger partial charge on any atom is -0.465 e. The lowest BCUT2D eigenvalue weighted by Crippen LogP contribution is -2.36. The maximum absolute atomic E-state index is 11.5. The van der Waals surface area contributed by atoms with Crippen molar-refractivity contribution < 1.29 is 19.1 Å². The van der Waals surface area contributed by atoms with Crippen LogP contribution in [0.15, 0.2) is 12.7 Å². The van der Waals surface area contributed by atoms with Gasteiger partial charge in [-0.3, -0.25) is 14.4 Å². The van der Waals surface area contributed by atoms with Crippen LogP contribution in [0.3, 0.4) is 0 Å². The maximum atomic E-state index is 11.5. The van der Waals surface area contributed by atoms with E-state index >= 15 is 0 Å². The molecule has 126 valence electrons. The van der Waals surface area contributed by atoms with Crippen molar-refractivity contribution in [2.75, 3.05) is 47.0 Å². The van der Waals surface area contributed by atoms with Crippen LogP contribution >= 0.6 is 0 Å². The van der Waals surface area contributed by atoms with Gasteiger partial charge in [0.15, 0.2) is 0 Å². The number of likely N-dealkylation sites (N-methyl/N-ethyl adjacent to an activating group) is 2. The zero-order chi connectivity index (χ0) is 16.8. The molecule has 0 aromatic carbocycles.